The van der Waals surface area contributed by atoms with Gasteiger partial charge in [-0.05, 0) is 30.3 Å². The molecule has 3 rings (SSSR count). The van der Waals surface area contributed by atoms with Crippen LogP contribution in [0.4, 0.5) is 10.2 Å². The standard InChI is InChI=1S/C17H14FN3O/c18-13-7-6-12(16(22)10-13)11-21-17-14(4-3-9-20-17)15-5-1-2-8-19-15/h1-10,22H,11H2,(H,20,21). The fourth-order valence-corrected chi connectivity index (χ4v) is 2.14. The lowest BCUT2D eigenvalue weighted by atomic mass is 10.1. The van der Waals surface area contributed by atoms with E-state index in [-0.39, 0.29) is 5.75 Å². The van der Waals surface area contributed by atoms with E-state index in [2.05, 4.69) is 15.3 Å². The highest BCUT2D eigenvalue weighted by atomic mass is 19.1. The number of nitrogens with zero attached hydrogens (tertiary/aromatic N) is 2. The van der Waals surface area contributed by atoms with Crippen LogP contribution in [0.2, 0.25) is 0 Å². The molecule has 0 aliphatic rings. The van der Waals surface area contributed by atoms with Gasteiger partial charge in [-0.15, -0.1) is 0 Å². The Labute approximate surface area is 127 Å². The number of nitrogens with one attached hydrogen (secondary N) is 1. The van der Waals surface area contributed by atoms with Crippen molar-refractivity contribution < 1.29 is 9.50 Å². The Morgan fingerprint density at radius 2 is 1.86 bits per heavy atom. The molecule has 1 aromatic carbocycles. The number of hydrogen-bond acceptors (Lipinski definition) is 4. The Morgan fingerprint density at radius 1 is 1.00 bits per heavy atom. The molecule has 2 heterocycles. The Hall–Kier alpha value is -2.95. The number of halogens is 1. The number of phenolic OH excluding ortho intramolecular Hbond substituents is 1. The van der Waals surface area contributed by atoms with Gasteiger partial charge in [0.25, 0.3) is 0 Å². The second kappa shape index (κ2) is 6.22. The van der Waals surface area contributed by atoms with Crippen LogP contribution in [0.5, 0.6) is 5.75 Å². The molecule has 0 atom stereocenters. The van der Waals surface area contributed by atoms with Gasteiger partial charge in [0.2, 0.25) is 0 Å². The summed E-state index contributed by atoms with van der Waals surface area (Å²) in [5.74, 6) is 0.112. The van der Waals surface area contributed by atoms with E-state index in [1.165, 1.54) is 6.07 Å². The lowest BCUT2D eigenvalue weighted by molar-refractivity contribution is 0.463. The fraction of sp³-hybridized carbons (Fsp3) is 0.0588. The molecule has 0 saturated carbocycles. The van der Waals surface area contributed by atoms with E-state index in [1.54, 1.807) is 18.5 Å². The van der Waals surface area contributed by atoms with Crippen molar-refractivity contribution in [3.8, 4) is 17.0 Å². The minimum absolute atomic E-state index is 0.0807. The van der Waals surface area contributed by atoms with Crippen LogP contribution in [0.15, 0.2) is 60.9 Å². The highest BCUT2D eigenvalue weighted by molar-refractivity contribution is 5.72. The first-order valence-corrected chi connectivity index (χ1v) is 6.82. The van der Waals surface area contributed by atoms with Crippen molar-refractivity contribution in [3.63, 3.8) is 0 Å². The molecular weight excluding hydrogens is 281 g/mol. The molecule has 3 aromatic rings. The molecule has 0 amide bonds. The number of pyridine rings is 2. The number of benzene rings is 1. The van der Waals surface area contributed by atoms with Gasteiger partial charge in [0.1, 0.15) is 17.4 Å². The van der Waals surface area contributed by atoms with E-state index in [0.717, 1.165) is 17.3 Å². The van der Waals surface area contributed by atoms with E-state index in [4.69, 9.17) is 0 Å². The summed E-state index contributed by atoms with van der Waals surface area (Å²) in [5.41, 5.74) is 2.27. The van der Waals surface area contributed by atoms with E-state index in [9.17, 15) is 9.50 Å². The van der Waals surface area contributed by atoms with Crippen molar-refractivity contribution in [2.75, 3.05) is 5.32 Å². The first-order chi connectivity index (χ1) is 10.7. The number of aromatic hydroxyl groups is 1. The van der Waals surface area contributed by atoms with Crippen LogP contribution in [0.1, 0.15) is 5.56 Å². The second-order valence-electron chi connectivity index (χ2n) is 4.74. The summed E-state index contributed by atoms with van der Waals surface area (Å²) in [6.07, 6.45) is 3.40. The summed E-state index contributed by atoms with van der Waals surface area (Å²) < 4.78 is 13.0. The number of rotatable bonds is 4. The molecule has 0 unspecified atom stereocenters. The topological polar surface area (TPSA) is 58.0 Å². The van der Waals surface area contributed by atoms with Crippen molar-refractivity contribution >= 4 is 5.82 Å². The Bertz CT molecular complexity index is 778. The van der Waals surface area contributed by atoms with Gasteiger partial charge in [-0.2, -0.15) is 0 Å². The quantitative estimate of drug-likeness (QED) is 0.772. The van der Waals surface area contributed by atoms with E-state index >= 15 is 0 Å². The third kappa shape index (κ3) is 3.03. The average molecular weight is 295 g/mol. The van der Waals surface area contributed by atoms with Crippen LogP contribution in [0, 0.1) is 5.82 Å². The molecule has 5 heteroatoms. The third-order valence-electron chi connectivity index (χ3n) is 3.24. The van der Waals surface area contributed by atoms with Crippen molar-refractivity contribution in [1.29, 1.82) is 0 Å². The minimum Gasteiger partial charge on any atom is -0.507 e. The Balaban J connectivity index is 1.84. The van der Waals surface area contributed by atoms with Gasteiger partial charge in [0.15, 0.2) is 0 Å². The van der Waals surface area contributed by atoms with Crippen LogP contribution in [-0.2, 0) is 6.54 Å². The summed E-state index contributed by atoms with van der Waals surface area (Å²) in [4.78, 5) is 8.63. The summed E-state index contributed by atoms with van der Waals surface area (Å²) in [7, 11) is 0. The summed E-state index contributed by atoms with van der Waals surface area (Å²) >= 11 is 0. The monoisotopic (exact) mass is 295 g/mol. The highest BCUT2D eigenvalue weighted by Crippen LogP contribution is 2.25. The molecule has 110 valence electrons. The Kier molecular flexibility index (Phi) is 3.96. The third-order valence-corrected chi connectivity index (χ3v) is 3.24. The summed E-state index contributed by atoms with van der Waals surface area (Å²) in [6, 6.07) is 13.4. The molecule has 0 radical (unpaired) electrons. The lowest BCUT2D eigenvalue weighted by Crippen LogP contribution is -2.03. The molecule has 0 saturated heterocycles. The SMILES string of the molecule is Oc1cc(F)ccc1CNc1ncccc1-c1ccccn1. The fourth-order valence-electron chi connectivity index (χ4n) is 2.14. The van der Waals surface area contributed by atoms with Crippen LogP contribution >= 0.6 is 0 Å². The molecule has 2 N–H and O–H groups in total. The van der Waals surface area contributed by atoms with Crippen LogP contribution in [-0.4, -0.2) is 15.1 Å². The zero-order valence-electron chi connectivity index (χ0n) is 11.7. The normalized spacial score (nSPS) is 10.4. The average Bonchev–Trinajstić information content (AvgIpc) is 2.55. The maximum atomic E-state index is 13.0. The molecule has 4 nitrogen and oxygen atoms in total. The maximum absolute atomic E-state index is 13.0. The summed E-state index contributed by atoms with van der Waals surface area (Å²) in [5, 5.41) is 12.9. The van der Waals surface area contributed by atoms with E-state index < -0.39 is 5.82 Å². The van der Waals surface area contributed by atoms with Crippen LogP contribution in [0.3, 0.4) is 0 Å². The molecular formula is C17H14FN3O. The number of hydrogen-bond donors (Lipinski definition) is 2. The van der Waals surface area contributed by atoms with Crippen molar-refractivity contribution in [1.82, 2.24) is 9.97 Å². The van der Waals surface area contributed by atoms with Crippen LogP contribution < -0.4 is 5.32 Å². The van der Waals surface area contributed by atoms with Crippen molar-refractivity contribution in [3.05, 3.63) is 72.3 Å². The number of aromatic nitrogens is 2. The number of phenols is 1. The van der Waals surface area contributed by atoms with Gasteiger partial charge < -0.3 is 10.4 Å². The predicted molar refractivity (Wildman–Crippen MR) is 82.9 cm³/mol. The lowest BCUT2D eigenvalue weighted by Gasteiger charge is -2.11. The molecule has 0 fully saturated rings. The largest absolute Gasteiger partial charge is 0.507 e. The number of anilines is 1. The smallest absolute Gasteiger partial charge is 0.135 e. The zero-order valence-corrected chi connectivity index (χ0v) is 11.7. The second-order valence-corrected chi connectivity index (χ2v) is 4.74. The minimum atomic E-state index is -0.465. The molecule has 2 aromatic heterocycles. The van der Waals surface area contributed by atoms with Crippen LogP contribution in [0.25, 0.3) is 11.3 Å². The molecule has 0 spiro atoms. The first-order valence-electron chi connectivity index (χ1n) is 6.82. The molecule has 22 heavy (non-hydrogen) atoms. The molecule has 0 aliphatic carbocycles. The van der Waals surface area contributed by atoms with E-state index in [0.29, 0.717) is 17.9 Å². The van der Waals surface area contributed by atoms with Gasteiger partial charge in [0, 0.05) is 36.1 Å². The summed E-state index contributed by atoms with van der Waals surface area (Å²) in [6.45, 7) is 0.336. The van der Waals surface area contributed by atoms with Gasteiger partial charge in [-0.3, -0.25) is 4.98 Å². The highest BCUT2D eigenvalue weighted by Gasteiger charge is 2.08. The van der Waals surface area contributed by atoms with Crippen molar-refractivity contribution in [2.24, 2.45) is 0 Å². The van der Waals surface area contributed by atoms with Gasteiger partial charge >= 0.3 is 0 Å². The molecule has 0 bridgehead atoms. The van der Waals surface area contributed by atoms with Gasteiger partial charge in [0.05, 0.1) is 5.69 Å². The maximum Gasteiger partial charge on any atom is 0.135 e. The van der Waals surface area contributed by atoms with Gasteiger partial charge in [-0.25, -0.2) is 9.37 Å². The molecule has 0 aliphatic heterocycles. The van der Waals surface area contributed by atoms with Gasteiger partial charge in [-0.1, -0.05) is 12.1 Å². The predicted octanol–water partition coefficient (Wildman–Crippen LogP) is 3.60. The van der Waals surface area contributed by atoms with Crippen molar-refractivity contribution in [2.45, 2.75) is 6.54 Å². The zero-order chi connectivity index (χ0) is 15.4. The first kappa shape index (κ1) is 14.0. The van der Waals surface area contributed by atoms with E-state index in [1.807, 2.05) is 30.3 Å². The Morgan fingerprint density at radius 3 is 2.64 bits per heavy atom.